The van der Waals surface area contributed by atoms with Gasteiger partial charge in [-0.1, -0.05) is 19.6 Å². The van der Waals surface area contributed by atoms with E-state index < -0.39 is 0 Å². The molecule has 8 nitrogen and oxygen atoms in total. The molecule has 1 aliphatic carbocycles. The summed E-state index contributed by atoms with van der Waals surface area (Å²) in [5.74, 6) is 0.767. The van der Waals surface area contributed by atoms with Crippen LogP contribution in [0.1, 0.15) is 55.2 Å². The molecule has 0 bridgehead atoms. The van der Waals surface area contributed by atoms with Gasteiger partial charge in [0.25, 0.3) is 5.82 Å². The lowest BCUT2D eigenvalue weighted by Crippen LogP contribution is -2.39. The van der Waals surface area contributed by atoms with Gasteiger partial charge >= 0.3 is 5.91 Å². The molecule has 1 aromatic heterocycles. The average Bonchev–Trinajstić information content (AvgIpc) is 3.26. The number of anilines is 2. The smallest absolute Gasteiger partial charge is 0.314 e. The van der Waals surface area contributed by atoms with Gasteiger partial charge in [-0.15, -0.1) is 0 Å². The van der Waals surface area contributed by atoms with Crippen molar-refractivity contribution >= 4 is 23.1 Å². The Morgan fingerprint density at radius 1 is 1.36 bits per heavy atom. The number of nitrogens with zero attached hydrogens (tertiary/aromatic N) is 4. The zero-order valence-corrected chi connectivity index (χ0v) is 19.9. The van der Waals surface area contributed by atoms with Gasteiger partial charge in [-0.25, -0.2) is 4.98 Å². The Hall–Kier alpha value is -2.89. The summed E-state index contributed by atoms with van der Waals surface area (Å²) >= 11 is 0. The SMILES string of the molecule is [C-]#[N+]c1cnc(C(=O)Nc2ccc(C3(OCCN(C)C)CCC3)cc2N2CCC(C)CC2)[nH]1. The van der Waals surface area contributed by atoms with Gasteiger partial charge < -0.3 is 24.7 Å². The maximum atomic E-state index is 12.8. The first-order valence-corrected chi connectivity index (χ1v) is 11.8. The van der Waals surface area contributed by atoms with Gasteiger partial charge in [0.1, 0.15) is 0 Å². The third-order valence-electron chi connectivity index (χ3n) is 6.87. The van der Waals surface area contributed by atoms with Crippen LogP contribution < -0.4 is 10.2 Å². The summed E-state index contributed by atoms with van der Waals surface area (Å²) in [5, 5.41) is 3.02. The molecule has 0 spiro atoms. The molecule has 4 rings (SSSR count). The second-order valence-electron chi connectivity index (χ2n) is 9.58. The van der Waals surface area contributed by atoms with Gasteiger partial charge in [-0.2, -0.15) is 0 Å². The fourth-order valence-electron chi connectivity index (χ4n) is 4.53. The molecule has 8 heteroatoms. The van der Waals surface area contributed by atoms with Crippen molar-refractivity contribution in [3.63, 3.8) is 0 Å². The van der Waals surface area contributed by atoms with Crippen LogP contribution in [-0.2, 0) is 10.3 Å². The number of ether oxygens (including phenoxy) is 1. The van der Waals surface area contributed by atoms with Crippen molar-refractivity contribution in [2.45, 2.75) is 44.6 Å². The summed E-state index contributed by atoms with van der Waals surface area (Å²) in [5.41, 5.74) is 2.75. The van der Waals surface area contributed by atoms with Crippen molar-refractivity contribution in [2.24, 2.45) is 5.92 Å². The Kier molecular flexibility index (Phi) is 7.01. The molecule has 2 N–H and O–H groups in total. The fourth-order valence-corrected chi connectivity index (χ4v) is 4.53. The Morgan fingerprint density at radius 2 is 2.12 bits per heavy atom. The van der Waals surface area contributed by atoms with Crippen molar-refractivity contribution in [3.8, 4) is 0 Å². The van der Waals surface area contributed by atoms with Crippen molar-refractivity contribution in [2.75, 3.05) is 50.6 Å². The molecule has 1 aliphatic heterocycles. The van der Waals surface area contributed by atoms with E-state index in [-0.39, 0.29) is 23.2 Å². The molecule has 0 atom stereocenters. The van der Waals surface area contributed by atoms with Gasteiger partial charge in [-0.05, 0) is 69.8 Å². The van der Waals surface area contributed by atoms with E-state index in [1.165, 1.54) is 18.2 Å². The minimum atomic E-state index is -0.343. The van der Waals surface area contributed by atoms with Crippen LogP contribution >= 0.6 is 0 Å². The van der Waals surface area contributed by atoms with Crippen LogP contribution in [0.4, 0.5) is 17.2 Å². The third-order valence-corrected chi connectivity index (χ3v) is 6.87. The van der Waals surface area contributed by atoms with Crippen molar-refractivity contribution in [1.82, 2.24) is 14.9 Å². The van der Waals surface area contributed by atoms with Gasteiger partial charge in [0.15, 0.2) is 0 Å². The molecule has 1 saturated carbocycles. The van der Waals surface area contributed by atoms with Crippen LogP contribution in [0, 0.1) is 12.5 Å². The maximum Gasteiger partial charge on any atom is 0.314 e. The Balaban J connectivity index is 1.60. The number of H-pyrrole nitrogens is 1. The van der Waals surface area contributed by atoms with Gasteiger partial charge in [0.05, 0.1) is 29.8 Å². The summed E-state index contributed by atoms with van der Waals surface area (Å²) in [7, 11) is 4.12. The highest BCUT2D eigenvalue weighted by molar-refractivity contribution is 6.04. The van der Waals surface area contributed by atoms with E-state index in [9.17, 15) is 4.79 Å². The lowest BCUT2D eigenvalue weighted by Gasteiger charge is -2.43. The second-order valence-corrected chi connectivity index (χ2v) is 9.58. The fraction of sp³-hybridized carbons (Fsp3) is 0.560. The maximum absolute atomic E-state index is 12.8. The average molecular weight is 451 g/mol. The topological polar surface area (TPSA) is 77.8 Å². The lowest BCUT2D eigenvalue weighted by molar-refractivity contribution is -0.109. The van der Waals surface area contributed by atoms with Crippen LogP contribution in [0.5, 0.6) is 0 Å². The summed E-state index contributed by atoms with van der Waals surface area (Å²) < 4.78 is 6.44. The van der Waals surface area contributed by atoms with Crippen LogP contribution in [0.15, 0.2) is 24.4 Å². The van der Waals surface area contributed by atoms with Crippen LogP contribution in [-0.4, -0.2) is 61.1 Å². The quantitative estimate of drug-likeness (QED) is 0.583. The highest BCUT2D eigenvalue weighted by Gasteiger charge is 2.40. The molecular weight excluding hydrogens is 416 g/mol. The number of likely N-dealkylation sites (N-methyl/N-ethyl adjacent to an activating group) is 1. The molecule has 176 valence electrons. The van der Waals surface area contributed by atoms with E-state index in [4.69, 9.17) is 11.3 Å². The number of piperidine rings is 1. The van der Waals surface area contributed by atoms with Crippen molar-refractivity contribution in [1.29, 1.82) is 0 Å². The molecule has 1 amide bonds. The Labute approximate surface area is 196 Å². The number of nitrogens with one attached hydrogen (secondary N) is 2. The minimum absolute atomic E-state index is 0.144. The highest BCUT2D eigenvalue weighted by Crippen LogP contribution is 2.47. The standard InChI is InChI=1S/C25H34N6O2/c1-18-8-12-31(13-9-18)21-16-19(25(10-5-11-25)33-15-14-30(3)4)6-7-20(21)28-24(32)23-27-17-22(26-2)29-23/h6-7,16-18H,5,8-15H2,1,3-4H3,(H,27,29)(H,28,32). The molecule has 1 saturated heterocycles. The molecular formula is C25H34N6O2. The summed E-state index contributed by atoms with van der Waals surface area (Å²) in [6.07, 6.45) is 6.86. The first-order chi connectivity index (χ1) is 15.9. The van der Waals surface area contributed by atoms with E-state index in [1.54, 1.807) is 0 Å². The second kappa shape index (κ2) is 9.94. The molecule has 2 aromatic rings. The van der Waals surface area contributed by atoms with Crippen LogP contribution in [0.25, 0.3) is 4.85 Å². The van der Waals surface area contributed by atoms with Gasteiger partial charge in [0.2, 0.25) is 5.82 Å². The Morgan fingerprint density at radius 3 is 2.73 bits per heavy atom. The van der Waals surface area contributed by atoms with E-state index >= 15 is 0 Å². The number of aromatic amines is 1. The summed E-state index contributed by atoms with van der Waals surface area (Å²) in [4.78, 5) is 27.4. The number of carbonyl (C=O) groups excluding carboxylic acids is 1. The largest absolute Gasteiger partial charge is 0.370 e. The molecule has 2 heterocycles. The number of amides is 1. The van der Waals surface area contributed by atoms with E-state index in [1.807, 2.05) is 6.07 Å². The van der Waals surface area contributed by atoms with Crippen molar-refractivity contribution in [3.05, 3.63) is 47.2 Å². The number of aromatic nitrogens is 2. The predicted molar refractivity (Wildman–Crippen MR) is 130 cm³/mol. The lowest BCUT2D eigenvalue weighted by atomic mass is 9.74. The first-order valence-electron chi connectivity index (χ1n) is 11.8. The van der Waals surface area contributed by atoms with Gasteiger partial charge in [-0.3, -0.25) is 9.78 Å². The third kappa shape index (κ3) is 5.21. The number of carbonyl (C=O) groups is 1. The molecule has 2 fully saturated rings. The summed E-state index contributed by atoms with van der Waals surface area (Å²) in [6.45, 7) is 12.9. The van der Waals surface area contributed by atoms with E-state index in [2.05, 4.69) is 63.1 Å². The normalized spacial score (nSPS) is 18.1. The summed E-state index contributed by atoms with van der Waals surface area (Å²) in [6, 6.07) is 6.30. The van der Waals surface area contributed by atoms with Crippen LogP contribution in [0.2, 0.25) is 0 Å². The zero-order chi connectivity index (χ0) is 23.4. The number of benzene rings is 1. The van der Waals surface area contributed by atoms with E-state index in [0.29, 0.717) is 12.5 Å². The number of rotatable bonds is 8. The zero-order valence-electron chi connectivity index (χ0n) is 19.9. The van der Waals surface area contributed by atoms with E-state index in [0.717, 1.165) is 56.7 Å². The van der Waals surface area contributed by atoms with Gasteiger partial charge in [0, 0.05) is 19.6 Å². The predicted octanol–water partition coefficient (Wildman–Crippen LogP) is 4.41. The number of imidazole rings is 1. The number of hydrogen-bond acceptors (Lipinski definition) is 5. The highest BCUT2D eigenvalue weighted by atomic mass is 16.5. The molecule has 0 unspecified atom stereocenters. The first kappa shape index (κ1) is 23.3. The molecule has 33 heavy (non-hydrogen) atoms. The molecule has 1 aromatic carbocycles. The Bertz CT molecular complexity index is 1010. The van der Waals surface area contributed by atoms with Crippen LogP contribution in [0.3, 0.4) is 0 Å². The number of hydrogen-bond donors (Lipinski definition) is 2. The van der Waals surface area contributed by atoms with Crippen molar-refractivity contribution < 1.29 is 9.53 Å². The minimum Gasteiger partial charge on any atom is -0.370 e. The molecule has 2 aliphatic rings. The molecule has 0 radical (unpaired) electrons. The monoisotopic (exact) mass is 450 g/mol.